The van der Waals surface area contributed by atoms with Crippen molar-refractivity contribution >= 4 is 16.7 Å². The van der Waals surface area contributed by atoms with Crippen LogP contribution in [0.2, 0.25) is 0 Å². The van der Waals surface area contributed by atoms with Gasteiger partial charge in [0, 0.05) is 42.9 Å². The molecule has 2 heterocycles. The monoisotopic (exact) mass is 411 g/mol. The van der Waals surface area contributed by atoms with Gasteiger partial charge in [-0.2, -0.15) is 0 Å². The Balaban J connectivity index is 1.92. The van der Waals surface area contributed by atoms with Crippen LogP contribution in [0.4, 0.5) is 0 Å². The highest BCUT2D eigenvalue weighted by molar-refractivity contribution is 6.07. The molecule has 3 rings (SSSR count). The number of rotatable bonds is 8. The molecular formula is C22H25N3O5. The maximum atomic E-state index is 13.0. The summed E-state index contributed by atoms with van der Waals surface area (Å²) in [7, 11) is 4.58. The van der Waals surface area contributed by atoms with Gasteiger partial charge in [0.15, 0.2) is 11.5 Å². The Morgan fingerprint density at radius 3 is 2.40 bits per heavy atom. The molecule has 0 spiro atoms. The minimum atomic E-state index is -0.280. The van der Waals surface area contributed by atoms with Crippen LogP contribution in [0.3, 0.4) is 0 Å². The standard InChI is InChI=1S/C22H25N3O5/c1-5-25-13-17(15-11-18(28-2)19(29-3)12-16(15)22(25)27)21(26)23-10-9-14-7-6-8-20(24-14)30-4/h6-8,11-13H,5,9-10H2,1-4H3,(H,23,26). The Bertz CT molecular complexity index is 1120. The van der Waals surface area contributed by atoms with Crippen LogP contribution in [-0.4, -0.2) is 43.3 Å². The molecule has 0 atom stereocenters. The van der Waals surface area contributed by atoms with E-state index in [2.05, 4.69) is 10.3 Å². The number of aryl methyl sites for hydroxylation is 1. The lowest BCUT2D eigenvalue weighted by atomic mass is 10.1. The van der Waals surface area contributed by atoms with Crippen molar-refractivity contribution in [3.8, 4) is 17.4 Å². The van der Waals surface area contributed by atoms with Crippen LogP contribution in [-0.2, 0) is 13.0 Å². The second kappa shape index (κ2) is 9.30. The molecule has 0 saturated heterocycles. The molecule has 3 aromatic rings. The number of fused-ring (bicyclic) bond motifs is 1. The first-order valence-electron chi connectivity index (χ1n) is 9.59. The predicted octanol–water partition coefficient (Wildman–Crippen LogP) is 2.41. The van der Waals surface area contributed by atoms with Gasteiger partial charge in [-0.1, -0.05) is 6.07 Å². The molecule has 158 valence electrons. The third-order valence-electron chi connectivity index (χ3n) is 4.83. The summed E-state index contributed by atoms with van der Waals surface area (Å²) < 4.78 is 17.3. The number of carbonyl (C=O) groups excluding carboxylic acids is 1. The molecule has 0 saturated carbocycles. The van der Waals surface area contributed by atoms with E-state index in [0.29, 0.717) is 53.2 Å². The van der Waals surface area contributed by atoms with Gasteiger partial charge in [0.25, 0.3) is 11.5 Å². The summed E-state index contributed by atoms with van der Waals surface area (Å²) in [6.07, 6.45) is 2.13. The van der Waals surface area contributed by atoms with Gasteiger partial charge in [-0.15, -0.1) is 0 Å². The van der Waals surface area contributed by atoms with Crippen molar-refractivity contribution in [1.29, 1.82) is 0 Å². The zero-order valence-corrected chi connectivity index (χ0v) is 17.5. The number of hydrogen-bond donors (Lipinski definition) is 1. The highest BCUT2D eigenvalue weighted by Crippen LogP contribution is 2.32. The molecule has 8 nitrogen and oxygen atoms in total. The van der Waals surface area contributed by atoms with Gasteiger partial charge in [-0.3, -0.25) is 9.59 Å². The molecule has 0 bridgehead atoms. The molecule has 1 amide bonds. The number of methoxy groups -OCH3 is 3. The van der Waals surface area contributed by atoms with Crippen molar-refractivity contribution in [2.24, 2.45) is 0 Å². The summed E-state index contributed by atoms with van der Waals surface area (Å²) in [5.41, 5.74) is 1.01. The first kappa shape index (κ1) is 21.2. The number of nitrogens with one attached hydrogen (secondary N) is 1. The average Bonchev–Trinajstić information content (AvgIpc) is 2.78. The summed E-state index contributed by atoms with van der Waals surface area (Å²) in [4.78, 5) is 30.1. The fraction of sp³-hybridized carbons (Fsp3) is 0.318. The lowest BCUT2D eigenvalue weighted by molar-refractivity contribution is 0.0955. The Kier molecular flexibility index (Phi) is 6.56. The number of benzene rings is 1. The highest BCUT2D eigenvalue weighted by Gasteiger charge is 2.18. The van der Waals surface area contributed by atoms with Crippen LogP contribution in [0.25, 0.3) is 10.8 Å². The van der Waals surface area contributed by atoms with Gasteiger partial charge in [0.05, 0.1) is 32.3 Å². The Labute approximate surface area is 174 Å². The van der Waals surface area contributed by atoms with E-state index < -0.39 is 0 Å². The minimum absolute atomic E-state index is 0.189. The minimum Gasteiger partial charge on any atom is -0.493 e. The lowest BCUT2D eigenvalue weighted by Crippen LogP contribution is -2.29. The van der Waals surface area contributed by atoms with E-state index in [0.717, 1.165) is 5.69 Å². The first-order chi connectivity index (χ1) is 14.5. The van der Waals surface area contributed by atoms with E-state index in [1.165, 1.54) is 18.8 Å². The van der Waals surface area contributed by atoms with Gasteiger partial charge in [0.1, 0.15) is 0 Å². The number of aromatic nitrogens is 2. The SMILES string of the molecule is CCn1cc(C(=O)NCCc2cccc(OC)n2)c2cc(OC)c(OC)cc2c1=O. The second-order valence-electron chi connectivity index (χ2n) is 6.56. The van der Waals surface area contributed by atoms with E-state index >= 15 is 0 Å². The second-order valence-corrected chi connectivity index (χ2v) is 6.56. The molecule has 2 aromatic heterocycles. The quantitative estimate of drug-likeness (QED) is 0.612. The molecule has 8 heteroatoms. The van der Waals surface area contributed by atoms with Crippen LogP contribution >= 0.6 is 0 Å². The van der Waals surface area contributed by atoms with Crippen LogP contribution < -0.4 is 25.1 Å². The lowest BCUT2D eigenvalue weighted by Gasteiger charge is -2.14. The molecule has 1 N–H and O–H groups in total. The van der Waals surface area contributed by atoms with Crippen LogP contribution in [0.15, 0.2) is 41.3 Å². The van der Waals surface area contributed by atoms with Gasteiger partial charge in [-0.05, 0) is 25.1 Å². The highest BCUT2D eigenvalue weighted by atomic mass is 16.5. The predicted molar refractivity (Wildman–Crippen MR) is 114 cm³/mol. The van der Waals surface area contributed by atoms with E-state index in [1.807, 2.05) is 19.1 Å². The topological polar surface area (TPSA) is 91.7 Å². The Morgan fingerprint density at radius 1 is 1.07 bits per heavy atom. The number of carbonyl (C=O) groups is 1. The molecule has 30 heavy (non-hydrogen) atoms. The normalized spacial score (nSPS) is 10.7. The van der Waals surface area contributed by atoms with Crippen molar-refractivity contribution in [1.82, 2.24) is 14.9 Å². The van der Waals surface area contributed by atoms with Gasteiger partial charge < -0.3 is 24.1 Å². The maximum absolute atomic E-state index is 13.0. The zero-order chi connectivity index (χ0) is 21.7. The Morgan fingerprint density at radius 2 is 1.77 bits per heavy atom. The molecule has 0 aliphatic carbocycles. The molecular weight excluding hydrogens is 386 g/mol. The van der Waals surface area contributed by atoms with Crippen molar-refractivity contribution in [2.45, 2.75) is 19.9 Å². The van der Waals surface area contributed by atoms with Crippen LogP contribution in [0, 0.1) is 0 Å². The van der Waals surface area contributed by atoms with Gasteiger partial charge >= 0.3 is 0 Å². The van der Waals surface area contributed by atoms with E-state index in [1.54, 1.807) is 31.5 Å². The zero-order valence-electron chi connectivity index (χ0n) is 17.5. The molecule has 0 unspecified atom stereocenters. The van der Waals surface area contributed by atoms with E-state index in [4.69, 9.17) is 14.2 Å². The molecule has 0 aliphatic heterocycles. The third kappa shape index (κ3) is 4.22. The fourth-order valence-electron chi connectivity index (χ4n) is 3.24. The maximum Gasteiger partial charge on any atom is 0.258 e. The van der Waals surface area contributed by atoms with Crippen molar-refractivity contribution in [3.63, 3.8) is 0 Å². The van der Waals surface area contributed by atoms with E-state index in [9.17, 15) is 9.59 Å². The smallest absolute Gasteiger partial charge is 0.258 e. The fourth-order valence-corrected chi connectivity index (χ4v) is 3.24. The number of ether oxygens (including phenoxy) is 3. The number of hydrogen-bond acceptors (Lipinski definition) is 6. The summed E-state index contributed by atoms with van der Waals surface area (Å²) in [6.45, 7) is 2.68. The summed E-state index contributed by atoms with van der Waals surface area (Å²) in [5, 5.41) is 3.82. The van der Waals surface area contributed by atoms with Gasteiger partial charge in [-0.25, -0.2) is 4.98 Å². The van der Waals surface area contributed by atoms with Gasteiger partial charge in [0.2, 0.25) is 5.88 Å². The average molecular weight is 411 g/mol. The largest absolute Gasteiger partial charge is 0.493 e. The van der Waals surface area contributed by atoms with Crippen LogP contribution in [0.5, 0.6) is 17.4 Å². The summed E-state index contributed by atoms with van der Waals surface area (Å²) in [5.74, 6) is 1.14. The molecule has 1 aromatic carbocycles. The Hall–Kier alpha value is -3.55. The summed E-state index contributed by atoms with van der Waals surface area (Å²) in [6, 6.07) is 8.77. The van der Waals surface area contributed by atoms with Crippen molar-refractivity contribution in [2.75, 3.05) is 27.9 Å². The molecule has 0 radical (unpaired) electrons. The van der Waals surface area contributed by atoms with Crippen molar-refractivity contribution in [3.05, 3.63) is 58.1 Å². The van der Waals surface area contributed by atoms with Crippen molar-refractivity contribution < 1.29 is 19.0 Å². The summed E-state index contributed by atoms with van der Waals surface area (Å²) >= 11 is 0. The number of amides is 1. The first-order valence-corrected chi connectivity index (χ1v) is 9.59. The third-order valence-corrected chi connectivity index (χ3v) is 4.83. The van der Waals surface area contributed by atoms with E-state index in [-0.39, 0.29) is 11.5 Å². The molecule has 0 aliphatic rings. The number of nitrogens with zero attached hydrogens (tertiary/aromatic N) is 2. The molecule has 0 fully saturated rings. The number of pyridine rings is 2. The van der Waals surface area contributed by atoms with Crippen LogP contribution in [0.1, 0.15) is 23.0 Å².